The largest absolute Gasteiger partial charge is 0.481 e. The second-order valence-corrected chi connectivity index (χ2v) is 4.27. The first-order valence-electron chi connectivity index (χ1n) is 6.05. The van der Waals surface area contributed by atoms with Crippen molar-refractivity contribution in [3.63, 3.8) is 0 Å². The molecular weight excluding hydrogens is 248 g/mol. The molecular formula is C12H18N4O3. The van der Waals surface area contributed by atoms with Crippen LogP contribution in [0.4, 0.5) is 5.82 Å². The average molecular weight is 266 g/mol. The third kappa shape index (κ3) is 3.18. The molecule has 1 aromatic rings. The molecule has 0 bridgehead atoms. The van der Waals surface area contributed by atoms with Gasteiger partial charge >= 0.3 is 5.97 Å². The van der Waals surface area contributed by atoms with Crippen molar-refractivity contribution < 1.29 is 14.7 Å². The van der Waals surface area contributed by atoms with Gasteiger partial charge in [0.15, 0.2) is 11.5 Å². The molecule has 0 fully saturated rings. The second-order valence-electron chi connectivity index (χ2n) is 4.27. The highest BCUT2D eigenvalue weighted by atomic mass is 16.4. The van der Waals surface area contributed by atoms with Crippen molar-refractivity contribution >= 4 is 17.7 Å². The molecule has 0 atom stereocenters. The lowest BCUT2D eigenvalue weighted by Gasteiger charge is -2.26. The fourth-order valence-corrected chi connectivity index (χ4v) is 1.73. The van der Waals surface area contributed by atoms with Crippen molar-refractivity contribution in [2.45, 2.75) is 26.7 Å². The standard InChI is InChI=1S/C12H18N4O3/c1-3-12(4-2,11(18)19)7-16-10(17)8-9(13)15-6-5-14-8/h5-6H,3-4,7H2,1-2H3,(H2,13,15)(H,16,17)(H,18,19). The Kier molecular flexibility index (Phi) is 4.80. The number of anilines is 1. The zero-order valence-electron chi connectivity index (χ0n) is 11.0. The van der Waals surface area contributed by atoms with Gasteiger partial charge in [-0.3, -0.25) is 9.59 Å². The van der Waals surface area contributed by atoms with Gasteiger partial charge < -0.3 is 16.2 Å². The Bertz CT molecular complexity index is 472. The highest BCUT2D eigenvalue weighted by molar-refractivity contribution is 5.96. The topological polar surface area (TPSA) is 118 Å². The van der Waals surface area contributed by atoms with E-state index in [9.17, 15) is 14.7 Å². The van der Waals surface area contributed by atoms with Gasteiger partial charge in [-0.05, 0) is 12.8 Å². The SMILES string of the molecule is CCC(CC)(CNC(=O)c1nccnc1N)C(=O)O. The molecule has 0 aliphatic carbocycles. The molecule has 0 spiro atoms. The number of carbonyl (C=O) groups is 2. The third-order valence-electron chi connectivity index (χ3n) is 3.34. The predicted octanol–water partition coefficient (Wildman–Crippen LogP) is 0.680. The minimum atomic E-state index is -0.966. The smallest absolute Gasteiger partial charge is 0.311 e. The first-order chi connectivity index (χ1) is 8.96. The number of nitrogens with two attached hydrogens (primary N) is 1. The van der Waals surface area contributed by atoms with Gasteiger partial charge in [-0.1, -0.05) is 13.8 Å². The van der Waals surface area contributed by atoms with E-state index in [1.165, 1.54) is 12.4 Å². The molecule has 7 heteroatoms. The quantitative estimate of drug-likeness (QED) is 0.696. The molecule has 1 aromatic heterocycles. The van der Waals surface area contributed by atoms with Crippen LogP contribution < -0.4 is 11.1 Å². The van der Waals surface area contributed by atoms with Crippen LogP contribution in [0.5, 0.6) is 0 Å². The summed E-state index contributed by atoms with van der Waals surface area (Å²) in [7, 11) is 0. The van der Waals surface area contributed by atoms with Crippen LogP contribution in [0.15, 0.2) is 12.4 Å². The van der Waals surface area contributed by atoms with Gasteiger partial charge in [0.1, 0.15) is 0 Å². The lowest BCUT2D eigenvalue weighted by molar-refractivity contribution is -0.149. The summed E-state index contributed by atoms with van der Waals surface area (Å²) >= 11 is 0. The first-order valence-corrected chi connectivity index (χ1v) is 6.05. The first kappa shape index (κ1) is 14.9. The summed E-state index contributed by atoms with van der Waals surface area (Å²) in [5.41, 5.74) is 4.58. The maximum Gasteiger partial charge on any atom is 0.311 e. The maximum absolute atomic E-state index is 11.9. The minimum absolute atomic E-state index is 0.00833. The van der Waals surface area contributed by atoms with Gasteiger partial charge in [0, 0.05) is 18.9 Å². The fourth-order valence-electron chi connectivity index (χ4n) is 1.73. The minimum Gasteiger partial charge on any atom is -0.481 e. The molecule has 0 saturated carbocycles. The monoisotopic (exact) mass is 266 g/mol. The Morgan fingerprint density at radius 2 is 1.89 bits per heavy atom. The molecule has 104 valence electrons. The van der Waals surface area contributed by atoms with Gasteiger partial charge in [-0.15, -0.1) is 0 Å². The Hall–Kier alpha value is -2.18. The number of carboxylic acids is 1. The number of carbonyl (C=O) groups excluding carboxylic acids is 1. The van der Waals surface area contributed by atoms with Crippen LogP contribution in [0.2, 0.25) is 0 Å². The molecule has 7 nitrogen and oxygen atoms in total. The second kappa shape index (κ2) is 6.12. The van der Waals surface area contributed by atoms with Gasteiger partial charge in [0.05, 0.1) is 5.41 Å². The number of aliphatic carboxylic acids is 1. The van der Waals surface area contributed by atoms with Crippen LogP contribution in [0.25, 0.3) is 0 Å². The maximum atomic E-state index is 11.9. The van der Waals surface area contributed by atoms with Crippen molar-refractivity contribution in [1.29, 1.82) is 0 Å². The van der Waals surface area contributed by atoms with Gasteiger partial charge in [-0.2, -0.15) is 0 Å². The summed E-state index contributed by atoms with van der Waals surface area (Å²) in [5.74, 6) is -1.42. The fraction of sp³-hybridized carbons (Fsp3) is 0.500. The van der Waals surface area contributed by atoms with Crippen molar-refractivity contribution in [2.24, 2.45) is 5.41 Å². The number of hydrogen-bond acceptors (Lipinski definition) is 5. The van der Waals surface area contributed by atoms with E-state index in [-0.39, 0.29) is 18.1 Å². The summed E-state index contributed by atoms with van der Waals surface area (Å²) < 4.78 is 0. The zero-order valence-corrected chi connectivity index (χ0v) is 11.0. The number of nitrogens with one attached hydrogen (secondary N) is 1. The average Bonchev–Trinajstić information content (AvgIpc) is 2.40. The van der Waals surface area contributed by atoms with E-state index in [4.69, 9.17) is 5.73 Å². The van der Waals surface area contributed by atoms with E-state index in [1.807, 2.05) is 0 Å². The van der Waals surface area contributed by atoms with Crippen LogP contribution in [0.1, 0.15) is 37.2 Å². The summed E-state index contributed by atoms with van der Waals surface area (Å²) in [6, 6.07) is 0. The number of nitrogen functional groups attached to an aromatic ring is 1. The molecule has 0 aliphatic rings. The molecule has 0 aromatic carbocycles. The number of carboxylic acid groups (broad SMARTS) is 1. The summed E-state index contributed by atoms with van der Waals surface area (Å²) in [5, 5.41) is 11.8. The predicted molar refractivity (Wildman–Crippen MR) is 69.4 cm³/mol. The number of hydrogen-bond donors (Lipinski definition) is 3. The molecule has 1 amide bonds. The summed E-state index contributed by atoms with van der Waals surface area (Å²) in [6.07, 6.45) is 3.59. The molecule has 19 heavy (non-hydrogen) atoms. The highest BCUT2D eigenvalue weighted by Gasteiger charge is 2.35. The van der Waals surface area contributed by atoms with Crippen LogP contribution in [-0.2, 0) is 4.79 Å². The Morgan fingerprint density at radius 1 is 1.32 bits per heavy atom. The number of nitrogens with zero attached hydrogens (tertiary/aromatic N) is 2. The number of amides is 1. The highest BCUT2D eigenvalue weighted by Crippen LogP contribution is 2.25. The van der Waals surface area contributed by atoms with Crippen molar-refractivity contribution in [3.05, 3.63) is 18.1 Å². The van der Waals surface area contributed by atoms with Crippen LogP contribution in [0.3, 0.4) is 0 Å². The molecule has 0 unspecified atom stereocenters. The molecule has 1 heterocycles. The van der Waals surface area contributed by atoms with Crippen LogP contribution in [-0.4, -0.2) is 33.5 Å². The molecule has 0 radical (unpaired) electrons. The van der Waals surface area contributed by atoms with Crippen LogP contribution in [0, 0.1) is 5.41 Å². The van der Waals surface area contributed by atoms with E-state index in [1.54, 1.807) is 13.8 Å². The van der Waals surface area contributed by atoms with Crippen LogP contribution >= 0.6 is 0 Å². The zero-order chi connectivity index (χ0) is 14.5. The van der Waals surface area contributed by atoms with Crippen molar-refractivity contribution in [1.82, 2.24) is 15.3 Å². The molecule has 0 saturated heterocycles. The van der Waals surface area contributed by atoms with Gasteiger partial charge in [0.2, 0.25) is 0 Å². The summed E-state index contributed by atoms with van der Waals surface area (Å²) in [4.78, 5) is 30.8. The third-order valence-corrected chi connectivity index (χ3v) is 3.34. The number of rotatable bonds is 6. The van der Waals surface area contributed by atoms with E-state index in [2.05, 4.69) is 15.3 Å². The summed E-state index contributed by atoms with van der Waals surface area (Å²) in [6.45, 7) is 3.59. The Balaban J connectivity index is 2.79. The molecule has 1 rings (SSSR count). The van der Waals surface area contributed by atoms with Crippen molar-refractivity contribution in [2.75, 3.05) is 12.3 Å². The van der Waals surface area contributed by atoms with Gasteiger partial charge in [0.25, 0.3) is 5.91 Å². The van der Waals surface area contributed by atoms with E-state index >= 15 is 0 Å². The van der Waals surface area contributed by atoms with E-state index in [0.717, 1.165) is 0 Å². The Labute approximate surface area is 111 Å². The lowest BCUT2D eigenvalue weighted by atomic mass is 9.82. The van der Waals surface area contributed by atoms with Gasteiger partial charge in [-0.25, -0.2) is 9.97 Å². The molecule has 4 N–H and O–H groups in total. The molecule has 0 aliphatic heterocycles. The van der Waals surface area contributed by atoms with Crippen molar-refractivity contribution in [3.8, 4) is 0 Å². The van der Waals surface area contributed by atoms with E-state index in [0.29, 0.717) is 12.8 Å². The van der Waals surface area contributed by atoms with E-state index < -0.39 is 17.3 Å². The normalized spacial score (nSPS) is 11.1. The Morgan fingerprint density at radius 3 is 2.37 bits per heavy atom. The lowest BCUT2D eigenvalue weighted by Crippen LogP contribution is -2.42. The number of aromatic nitrogens is 2.